The second-order valence-electron chi connectivity index (χ2n) is 5.58. The van der Waals surface area contributed by atoms with Gasteiger partial charge in [-0.3, -0.25) is 4.79 Å². The molecule has 0 radical (unpaired) electrons. The Morgan fingerprint density at radius 2 is 1.48 bits per heavy atom. The third-order valence-corrected chi connectivity index (χ3v) is 3.03. The van der Waals surface area contributed by atoms with Crippen molar-refractivity contribution < 1.29 is 35.9 Å². The molecular weight excluding hydrogens is 302 g/mol. The highest BCUT2D eigenvalue weighted by Gasteiger charge is 2.60. The predicted octanol–water partition coefficient (Wildman–Crippen LogP) is 4.65. The van der Waals surface area contributed by atoms with Crippen molar-refractivity contribution in [1.82, 2.24) is 0 Å². The van der Waals surface area contributed by atoms with Gasteiger partial charge in [0.1, 0.15) is 0 Å². The Morgan fingerprint density at radius 3 is 1.71 bits per heavy atom. The summed E-state index contributed by atoms with van der Waals surface area (Å²) < 4.78 is 78.2. The smallest absolute Gasteiger partial charge is 0.434 e. The predicted molar refractivity (Wildman–Crippen MR) is 64.4 cm³/mol. The summed E-state index contributed by atoms with van der Waals surface area (Å²) in [5.74, 6) is -1.72. The quantitative estimate of drug-likeness (QED) is 0.419. The van der Waals surface area contributed by atoms with Gasteiger partial charge in [0.15, 0.2) is 0 Å². The first-order valence-corrected chi connectivity index (χ1v) is 6.13. The maximum atomic E-state index is 12.4. The lowest BCUT2D eigenvalue weighted by Crippen LogP contribution is -2.48. The number of alkyl halides is 6. The molecule has 0 saturated carbocycles. The van der Waals surface area contributed by atoms with Crippen LogP contribution in [0.15, 0.2) is 12.2 Å². The molecule has 0 amide bonds. The largest absolute Gasteiger partial charge is 0.442 e. The van der Waals surface area contributed by atoms with E-state index in [-0.39, 0.29) is 17.9 Å². The number of halogens is 6. The number of carbonyl (C=O) groups is 1. The molecule has 0 aromatic carbocycles. The molecule has 0 fully saturated rings. The monoisotopic (exact) mass is 320 g/mol. The Hall–Kier alpha value is -1.21. The number of hydrogen-bond donors (Lipinski definition) is 0. The lowest BCUT2D eigenvalue weighted by Gasteiger charge is -2.32. The number of ether oxygens (including phenoxy) is 1. The van der Waals surface area contributed by atoms with E-state index in [4.69, 9.17) is 0 Å². The van der Waals surface area contributed by atoms with Crippen molar-refractivity contribution >= 4 is 5.97 Å². The number of hydrogen-bond acceptors (Lipinski definition) is 2. The fraction of sp³-hybridized carbons (Fsp3) is 0.769. The molecule has 8 heteroatoms. The van der Waals surface area contributed by atoms with Crippen LogP contribution in [0.4, 0.5) is 26.3 Å². The van der Waals surface area contributed by atoms with Gasteiger partial charge in [0, 0.05) is 0 Å². The first-order chi connectivity index (χ1) is 9.12. The molecule has 0 rings (SSSR count). The Balaban J connectivity index is 5.43. The van der Waals surface area contributed by atoms with E-state index in [1.54, 1.807) is 13.8 Å². The fourth-order valence-electron chi connectivity index (χ4n) is 1.80. The van der Waals surface area contributed by atoms with E-state index in [1.165, 1.54) is 13.8 Å². The van der Waals surface area contributed by atoms with Crippen molar-refractivity contribution in [1.29, 1.82) is 0 Å². The SMILES string of the molecule is C=C(C)C(C)(CC(C)C)C(=O)OC(C(F)(F)F)C(F)(F)F. The fourth-order valence-corrected chi connectivity index (χ4v) is 1.80. The van der Waals surface area contributed by atoms with Gasteiger partial charge in [-0.15, -0.1) is 0 Å². The lowest BCUT2D eigenvalue weighted by molar-refractivity contribution is -0.315. The van der Waals surface area contributed by atoms with E-state index >= 15 is 0 Å². The second kappa shape index (κ2) is 6.27. The van der Waals surface area contributed by atoms with Gasteiger partial charge in [0.05, 0.1) is 5.41 Å². The van der Waals surface area contributed by atoms with Gasteiger partial charge in [0.25, 0.3) is 6.10 Å². The molecule has 124 valence electrons. The molecule has 0 aromatic rings. The highest BCUT2D eigenvalue weighted by atomic mass is 19.4. The van der Waals surface area contributed by atoms with Crippen molar-refractivity contribution in [2.45, 2.75) is 52.6 Å². The van der Waals surface area contributed by atoms with Crippen molar-refractivity contribution in [3.63, 3.8) is 0 Å². The molecule has 1 atom stereocenters. The highest BCUT2D eigenvalue weighted by molar-refractivity contribution is 5.80. The molecule has 0 aliphatic carbocycles. The summed E-state index contributed by atoms with van der Waals surface area (Å²) in [6.45, 7) is 9.41. The van der Waals surface area contributed by atoms with Crippen molar-refractivity contribution in [2.75, 3.05) is 0 Å². The summed E-state index contributed by atoms with van der Waals surface area (Å²) in [7, 11) is 0. The standard InChI is InChI=1S/C13H18F6O2/c1-7(2)6-11(5,8(3)4)10(20)21-9(12(14,15)16)13(17,18)19/h7,9H,3,6H2,1-2,4-5H3. The molecule has 21 heavy (non-hydrogen) atoms. The third-order valence-electron chi connectivity index (χ3n) is 3.03. The zero-order valence-electron chi connectivity index (χ0n) is 12.2. The minimum Gasteiger partial charge on any atom is -0.442 e. The molecule has 0 saturated heterocycles. The van der Waals surface area contributed by atoms with Crippen LogP contribution in [0.25, 0.3) is 0 Å². The molecule has 0 aliphatic heterocycles. The zero-order valence-corrected chi connectivity index (χ0v) is 12.2. The van der Waals surface area contributed by atoms with Gasteiger partial charge in [-0.05, 0) is 26.2 Å². The number of esters is 1. The summed E-state index contributed by atoms with van der Waals surface area (Å²) >= 11 is 0. The van der Waals surface area contributed by atoms with Crippen LogP contribution in [-0.2, 0) is 9.53 Å². The normalized spacial score (nSPS) is 16.0. The van der Waals surface area contributed by atoms with Crippen LogP contribution >= 0.6 is 0 Å². The molecule has 0 bridgehead atoms. The van der Waals surface area contributed by atoms with E-state index in [1.807, 2.05) is 0 Å². The zero-order chi connectivity index (χ0) is 17.2. The van der Waals surface area contributed by atoms with Gasteiger partial charge >= 0.3 is 18.3 Å². The van der Waals surface area contributed by atoms with E-state index in [2.05, 4.69) is 11.3 Å². The minimum absolute atomic E-state index is 0.0314. The topological polar surface area (TPSA) is 26.3 Å². The molecular formula is C13H18F6O2. The first-order valence-electron chi connectivity index (χ1n) is 6.13. The van der Waals surface area contributed by atoms with E-state index in [0.29, 0.717) is 0 Å². The Morgan fingerprint density at radius 1 is 1.10 bits per heavy atom. The summed E-state index contributed by atoms with van der Waals surface area (Å²) in [4.78, 5) is 11.9. The highest BCUT2D eigenvalue weighted by Crippen LogP contribution is 2.40. The summed E-state index contributed by atoms with van der Waals surface area (Å²) in [6, 6.07) is 0. The Labute approximate surface area is 119 Å². The minimum atomic E-state index is -5.72. The molecule has 0 N–H and O–H groups in total. The average Bonchev–Trinajstić information content (AvgIpc) is 2.20. The molecule has 0 aromatic heterocycles. The average molecular weight is 320 g/mol. The van der Waals surface area contributed by atoms with Crippen LogP contribution in [-0.4, -0.2) is 24.4 Å². The molecule has 1 unspecified atom stereocenters. The van der Waals surface area contributed by atoms with Crippen LogP contribution in [0.2, 0.25) is 0 Å². The number of carbonyl (C=O) groups excluding carboxylic acids is 1. The van der Waals surface area contributed by atoms with Crippen LogP contribution in [0.5, 0.6) is 0 Å². The summed E-state index contributed by atoms with van der Waals surface area (Å²) in [6.07, 6.45) is -15.5. The van der Waals surface area contributed by atoms with Gasteiger partial charge in [-0.2, -0.15) is 26.3 Å². The van der Waals surface area contributed by atoms with E-state index in [0.717, 1.165) is 0 Å². The molecule has 0 spiro atoms. The first kappa shape index (κ1) is 19.8. The Bertz CT molecular complexity index is 382. The van der Waals surface area contributed by atoms with Crippen LogP contribution < -0.4 is 0 Å². The summed E-state index contributed by atoms with van der Waals surface area (Å²) in [5, 5.41) is 0. The maximum Gasteiger partial charge on any atom is 0.434 e. The molecule has 0 aliphatic rings. The van der Waals surface area contributed by atoms with E-state index in [9.17, 15) is 31.1 Å². The van der Waals surface area contributed by atoms with Crippen molar-refractivity contribution in [3.8, 4) is 0 Å². The van der Waals surface area contributed by atoms with Gasteiger partial charge in [-0.1, -0.05) is 26.0 Å². The van der Waals surface area contributed by atoms with Crippen LogP contribution in [0, 0.1) is 11.3 Å². The van der Waals surface area contributed by atoms with Gasteiger partial charge < -0.3 is 4.74 Å². The lowest BCUT2D eigenvalue weighted by atomic mass is 9.77. The maximum absolute atomic E-state index is 12.4. The third kappa shape index (κ3) is 5.24. The Kier molecular flexibility index (Phi) is 5.91. The van der Waals surface area contributed by atoms with E-state index < -0.39 is 29.8 Å². The summed E-state index contributed by atoms with van der Waals surface area (Å²) in [5.41, 5.74) is -1.47. The molecule has 2 nitrogen and oxygen atoms in total. The molecule has 0 heterocycles. The number of rotatable bonds is 5. The van der Waals surface area contributed by atoms with Crippen molar-refractivity contribution in [3.05, 3.63) is 12.2 Å². The van der Waals surface area contributed by atoms with Crippen LogP contribution in [0.3, 0.4) is 0 Å². The second-order valence-corrected chi connectivity index (χ2v) is 5.58. The van der Waals surface area contributed by atoms with Crippen LogP contribution in [0.1, 0.15) is 34.1 Å². The van der Waals surface area contributed by atoms with Gasteiger partial charge in [0.2, 0.25) is 0 Å². The van der Waals surface area contributed by atoms with Gasteiger partial charge in [-0.25, -0.2) is 0 Å². The van der Waals surface area contributed by atoms with Crippen molar-refractivity contribution in [2.24, 2.45) is 11.3 Å².